The van der Waals surface area contributed by atoms with Crippen LogP contribution in [0, 0.1) is 6.92 Å². The van der Waals surface area contributed by atoms with Gasteiger partial charge in [-0.05, 0) is 43.9 Å². The van der Waals surface area contributed by atoms with Gasteiger partial charge in [-0.2, -0.15) is 0 Å². The molecule has 260 valence electrons. The van der Waals surface area contributed by atoms with E-state index in [0.29, 0.717) is 0 Å². The summed E-state index contributed by atoms with van der Waals surface area (Å²) in [4.78, 5) is 69.0. The summed E-state index contributed by atoms with van der Waals surface area (Å²) >= 11 is 0. The van der Waals surface area contributed by atoms with Gasteiger partial charge in [-0.25, -0.2) is 4.79 Å². The second-order valence-electron chi connectivity index (χ2n) is 12.5. The summed E-state index contributed by atoms with van der Waals surface area (Å²) in [6, 6.07) is 2.40. The molecule has 1 saturated heterocycles. The Labute approximate surface area is 279 Å². The van der Waals surface area contributed by atoms with E-state index < -0.39 is 110 Å². The van der Waals surface area contributed by atoms with Gasteiger partial charge in [-0.1, -0.05) is 6.07 Å². The zero-order valence-corrected chi connectivity index (χ0v) is 27.4. The Balaban J connectivity index is 1.49. The molecular formula is C34H35NO14. The average molecular weight is 682 g/mol. The van der Waals surface area contributed by atoms with E-state index in [1.807, 2.05) is 0 Å². The summed E-state index contributed by atoms with van der Waals surface area (Å²) in [7, 11) is 4.84. The van der Waals surface area contributed by atoms with Crippen molar-refractivity contribution < 1.29 is 68.1 Å². The van der Waals surface area contributed by atoms with Crippen molar-refractivity contribution in [1.29, 1.82) is 0 Å². The molecule has 1 fully saturated rings. The van der Waals surface area contributed by atoms with E-state index >= 15 is 0 Å². The minimum absolute atomic E-state index is 0.000718. The number of carbonyl (C=O) groups is 5. The molecule has 6 rings (SSSR count). The number of methoxy groups -OCH3 is 4. The molecule has 2 unspecified atom stereocenters. The van der Waals surface area contributed by atoms with Crippen LogP contribution in [0.1, 0.15) is 81.8 Å². The van der Waals surface area contributed by atoms with Crippen LogP contribution in [0.15, 0.2) is 23.9 Å². The van der Waals surface area contributed by atoms with Gasteiger partial charge < -0.3 is 49.4 Å². The van der Waals surface area contributed by atoms with E-state index in [-0.39, 0.29) is 35.2 Å². The van der Waals surface area contributed by atoms with Gasteiger partial charge in [-0.3, -0.25) is 19.2 Å². The molecule has 0 spiro atoms. The number of nitrogens with one attached hydrogen (secondary N) is 1. The number of aliphatic hydroxyl groups is 2. The number of phenols is 2. The highest BCUT2D eigenvalue weighted by Gasteiger charge is 2.69. The molecule has 2 aromatic rings. The maximum Gasteiger partial charge on any atom is 0.341 e. The Morgan fingerprint density at radius 3 is 2.24 bits per heavy atom. The SMILES string of the molecule is COC(=O)c1c(C)cc2c(c1O)C1(O)C(=O)c3cc4c(c(O)c3C(=O)C1(OC)CC2)C(=O)C=C(N[C@@H]1O[C@@H](C)[C@H](OC)[C@@H](O)[C@H]1OC)C4=O. The number of esters is 1. The fourth-order valence-corrected chi connectivity index (χ4v) is 7.76. The summed E-state index contributed by atoms with van der Waals surface area (Å²) in [5.41, 5.74) is -8.29. The van der Waals surface area contributed by atoms with Gasteiger partial charge in [0.05, 0.1) is 30.0 Å². The summed E-state index contributed by atoms with van der Waals surface area (Å²) in [5.74, 6) is -6.85. The molecule has 5 N–H and O–H groups in total. The fraction of sp³-hybridized carbons (Fsp3) is 0.441. The lowest BCUT2D eigenvalue weighted by atomic mass is 9.57. The number of fused-ring (bicyclic) bond motifs is 5. The number of carbonyl (C=O) groups excluding carboxylic acids is 5. The van der Waals surface area contributed by atoms with Crippen molar-refractivity contribution in [2.24, 2.45) is 0 Å². The van der Waals surface area contributed by atoms with E-state index in [9.17, 15) is 44.4 Å². The van der Waals surface area contributed by atoms with Gasteiger partial charge in [0.15, 0.2) is 23.2 Å². The van der Waals surface area contributed by atoms with Gasteiger partial charge in [0, 0.05) is 44.1 Å². The molecule has 1 heterocycles. The number of Topliss-reactive ketones (excluding diaryl/α,β-unsaturated/α-hetero) is 3. The van der Waals surface area contributed by atoms with Gasteiger partial charge >= 0.3 is 5.97 Å². The number of hydrogen-bond acceptors (Lipinski definition) is 15. The number of hydrogen-bond donors (Lipinski definition) is 5. The van der Waals surface area contributed by atoms with Gasteiger partial charge in [0.2, 0.25) is 17.3 Å². The van der Waals surface area contributed by atoms with Crippen LogP contribution in [0.5, 0.6) is 11.5 Å². The number of aryl methyl sites for hydroxylation is 2. The molecule has 15 nitrogen and oxygen atoms in total. The summed E-state index contributed by atoms with van der Waals surface area (Å²) < 4.78 is 27.0. The highest BCUT2D eigenvalue weighted by molar-refractivity contribution is 6.30. The quantitative estimate of drug-likeness (QED) is 0.266. The Hall–Kier alpha value is -4.51. The minimum Gasteiger partial charge on any atom is -0.507 e. The minimum atomic E-state index is -2.95. The van der Waals surface area contributed by atoms with Crippen molar-refractivity contribution in [1.82, 2.24) is 5.32 Å². The van der Waals surface area contributed by atoms with Gasteiger partial charge in [0.25, 0.3) is 0 Å². The van der Waals surface area contributed by atoms with Crippen molar-refractivity contribution in [3.8, 4) is 11.5 Å². The van der Waals surface area contributed by atoms with Crippen LogP contribution in [-0.2, 0) is 35.7 Å². The second kappa shape index (κ2) is 11.8. The van der Waals surface area contributed by atoms with Crippen LogP contribution in [0.4, 0.5) is 0 Å². The van der Waals surface area contributed by atoms with Gasteiger partial charge in [-0.15, -0.1) is 0 Å². The zero-order chi connectivity index (χ0) is 35.9. The number of aromatic hydroxyl groups is 2. The highest BCUT2D eigenvalue weighted by atomic mass is 16.6. The van der Waals surface area contributed by atoms with Crippen LogP contribution in [0.3, 0.4) is 0 Å². The van der Waals surface area contributed by atoms with E-state index in [0.717, 1.165) is 26.4 Å². The third kappa shape index (κ3) is 4.46. The Kier molecular flexibility index (Phi) is 8.29. The predicted molar refractivity (Wildman–Crippen MR) is 165 cm³/mol. The van der Waals surface area contributed by atoms with E-state index in [1.54, 1.807) is 6.92 Å². The molecule has 49 heavy (non-hydrogen) atoms. The van der Waals surface area contributed by atoms with Crippen LogP contribution < -0.4 is 5.32 Å². The van der Waals surface area contributed by atoms with Crippen LogP contribution in [0.25, 0.3) is 0 Å². The third-order valence-electron chi connectivity index (χ3n) is 10.1. The fourth-order valence-electron chi connectivity index (χ4n) is 7.76. The lowest BCUT2D eigenvalue weighted by Gasteiger charge is -2.50. The number of aliphatic hydroxyl groups excluding tert-OH is 1. The largest absolute Gasteiger partial charge is 0.507 e. The Morgan fingerprint density at radius 1 is 0.959 bits per heavy atom. The van der Waals surface area contributed by atoms with Crippen molar-refractivity contribution in [2.75, 3.05) is 28.4 Å². The van der Waals surface area contributed by atoms with E-state index in [1.165, 1.54) is 27.2 Å². The maximum absolute atomic E-state index is 14.5. The van der Waals surface area contributed by atoms with Crippen molar-refractivity contribution in [3.63, 3.8) is 0 Å². The molecule has 15 heteroatoms. The second-order valence-corrected chi connectivity index (χ2v) is 12.5. The van der Waals surface area contributed by atoms with Crippen molar-refractivity contribution >= 4 is 29.1 Å². The molecule has 0 radical (unpaired) electrons. The molecule has 1 aliphatic heterocycles. The first kappa shape index (κ1) is 34.4. The molecule has 7 atom stereocenters. The molecule has 0 saturated carbocycles. The van der Waals surface area contributed by atoms with Crippen molar-refractivity contribution in [3.05, 3.63) is 68.4 Å². The van der Waals surface area contributed by atoms with Crippen LogP contribution >= 0.6 is 0 Å². The third-order valence-corrected chi connectivity index (χ3v) is 10.1. The number of benzene rings is 2. The smallest absolute Gasteiger partial charge is 0.341 e. The molecular weight excluding hydrogens is 646 g/mol. The average Bonchev–Trinajstić information content (AvgIpc) is 3.05. The summed E-state index contributed by atoms with van der Waals surface area (Å²) in [6.07, 6.45) is -4.26. The Morgan fingerprint density at radius 2 is 1.63 bits per heavy atom. The molecule has 0 aromatic heterocycles. The topological polar surface area (TPSA) is 224 Å². The summed E-state index contributed by atoms with van der Waals surface area (Å²) in [6.45, 7) is 3.15. The number of rotatable bonds is 6. The highest BCUT2D eigenvalue weighted by Crippen LogP contribution is 2.56. The predicted octanol–water partition coefficient (Wildman–Crippen LogP) is 0.779. The summed E-state index contributed by atoms with van der Waals surface area (Å²) in [5, 5.41) is 48.9. The maximum atomic E-state index is 14.5. The van der Waals surface area contributed by atoms with Crippen LogP contribution in [-0.4, -0.2) is 114 Å². The van der Waals surface area contributed by atoms with E-state index in [2.05, 4.69) is 5.32 Å². The number of ether oxygens (including phenoxy) is 5. The molecule has 0 bridgehead atoms. The zero-order valence-electron chi connectivity index (χ0n) is 27.4. The van der Waals surface area contributed by atoms with E-state index in [4.69, 9.17) is 23.7 Å². The first-order valence-corrected chi connectivity index (χ1v) is 15.3. The molecule has 3 aliphatic carbocycles. The number of allylic oxidation sites excluding steroid dienone is 2. The number of phenolic OH excluding ortho intramolecular Hbond substituents is 2. The monoisotopic (exact) mass is 681 g/mol. The molecule has 0 amide bonds. The molecule has 2 aromatic carbocycles. The van der Waals surface area contributed by atoms with Crippen LogP contribution in [0.2, 0.25) is 0 Å². The Bertz CT molecular complexity index is 1880. The normalized spacial score (nSPS) is 30.5. The lowest BCUT2D eigenvalue weighted by molar-refractivity contribution is -0.236. The van der Waals surface area contributed by atoms with Crippen molar-refractivity contribution in [2.45, 2.75) is 68.5 Å². The number of ketones is 4. The lowest BCUT2D eigenvalue weighted by Crippen LogP contribution is -2.67. The first-order chi connectivity index (χ1) is 23.1. The standard InChI is InChI=1S/C34H35NO14/c1-12-9-14-7-8-33(48-6)30(42)21-16(29(41)34(33,44)22(14)25(39)19(12)32(43)47-5)10-15-20(24(21)38)18(36)11-17(23(15)37)35-31-28(46-4)26(40)27(45-3)13(2)49-31/h9-11,13,26-28,31,35,38-40,44H,7-8H2,1-6H3/t13-,26+,27-,28+,31+,33?,34?/m0/s1. The van der Waals surface area contributed by atoms with Gasteiger partial charge in [0.1, 0.15) is 35.4 Å². The molecule has 4 aliphatic rings. The first-order valence-electron chi connectivity index (χ1n) is 15.3.